The number of anilines is 1. The second kappa shape index (κ2) is 8.29. The van der Waals surface area contributed by atoms with E-state index in [1.54, 1.807) is 6.07 Å². The number of nitrogens with one attached hydrogen (secondary N) is 3. The molecule has 0 bridgehead atoms. The van der Waals surface area contributed by atoms with Crippen LogP contribution in [0.15, 0.2) is 46.9 Å². The van der Waals surface area contributed by atoms with Crippen LogP contribution in [0.4, 0.5) is 23.7 Å². The summed E-state index contributed by atoms with van der Waals surface area (Å²) in [4.78, 5) is 24.0. The van der Waals surface area contributed by atoms with Crippen LogP contribution in [-0.4, -0.2) is 24.7 Å². The van der Waals surface area contributed by atoms with Gasteiger partial charge in [-0.15, -0.1) is 11.3 Å². The first-order valence-corrected chi connectivity index (χ1v) is 7.80. The average molecular weight is 370 g/mol. The van der Waals surface area contributed by atoms with Crippen molar-refractivity contribution < 1.29 is 22.8 Å². The number of carbonyl (C=O) groups is 2. The first kappa shape index (κ1) is 18.5. The van der Waals surface area contributed by atoms with E-state index in [9.17, 15) is 22.8 Å². The van der Waals surface area contributed by atoms with Gasteiger partial charge in [0, 0.05) is 10.6 Å². The number of alkyl halides is 3. The van der Waals surface area contributed by atoms with E-state index < -0.39 is 23.7 Å². The van der Waals surface area contributed by atoms with Gasteiger partial charge in [0.25, 0.3) is 5.91 Å². The lowest BCUT2D eigenvalue weighted by Gasteiger charge is -2.10. The molecule has 0 saturated carbocycles. The summed E-state index contributed by atoms with van der Waals surface area (Å²) in [5.41, 5.74) is 1.29. The van der Waals surface area contributed by atoms with Crippen LogP contribution in [0.2, 0.25) is 0 Å². The minimum atomic E-state index is -4.51. The zero-order valence-electron chi connectivity index (χ0n) is 12.6. The van der Waals surface area contributed by atoms with Crippen molar-refractivity contribution in [2.24, 2.45) is 5.10 Å². The van der Waals surface area contributed by atoms with Crippen molar-refractivity contribution in [2.45, 2.75) is 6.18 Å². The van der Waals surface area contributed by atoms with Crippen LogP contribution in [0.5, 0.6) is 0 Å². The van der Waals surface area contributed by atoms with Gasteiger partial charge in [-0.2, -0.15) is 18.3 Å². The molecule has 2 rings (SSSR count). The number of thiophene rings is 1. The molecule has 1 aromatic heterocycles. The molecule has 0 unspecified atom stereocenters. The third kappa shape index (κ3) is 6.26. The largest absolute Gasteiger partial charge is 0.416 e. The normalized spacial score (nSPS) is 11.3. The first-order valence-electron chi connectivity index (χ1n) is 6.92. The highest BCUT2D eigenvalue weighted by molar-refractivity contribution is 7.11. The van der Waals surface area contributed by atoms with Crippen molar-refractivity contribution in [3.8, 4) is 0 Å². The maximum absolute atomic E-state index is 12.6. The Bertz CT molecular complexity index is 760. The molecule has 0 aliphatic rings. The summed E-state index contributed by atoms with van der Waals surface area (Å²) in [5.74, 6) is -0.577. The van der Waals surface area contributed by atoms with Gasteiger partial charge in [0.1, 0.15) is 6.54 Å². The maximum atomic E-state index is 12.6. The molecular weight excluding hydrogens is 357 g/mol. The molecule has 0 spiro atoms. The number of nitrogens with zero attached hydrogens (tertiary/aromatic N) is 1. The smallest absolute Gasteiger partial charge is 0.329 e. The quantitative estimate of drug-likeness (QED) is 0.558. The van der Waals surface area contributed by atoms with Gasteiger partial charge in [-0.1, -0.05) is 12.1 Å². The topological polar surface area (TPSA) is 82.6 Å². The third-order valence-electron chi connectivity index (χ3n) is 2.78. The van der Waals surface area contributed by atoms with Gasteiger partial charge in [-0.25, -0.2) is 10.2 Å². The Hall–Kier alpha value is -2.88. The van der Waals surface area contributed by atoms with Gasteiger partial charge in [0.05, 0.1) is 11.8 Å². The van der Waals surface area contributed by atoms with E-state index in [4.69, 9.17) is 0 Å². The molecule has 0 saturated heterocycles. The van der Waals surface area contributed by atoms with Crippen LogP contribution in [0.3, 0.4) is 0 Å². The number of halogens is 3. The Kier molecular flexibility index (Phi) is 6.12. The van der Waals surface area contributed by atoms with Gasteiger partial charge >= 0.3 is 12.2 Å². The minimum absolute atomic E-state index is 0.0385. The summed E-state index contributed by atoms with van der Waals surface area (Å²) < 4.78 is 37.8. The number of rotatable bonds is 5. The molecule has 0 aliphatic carbocycles. The number of carbonyl (C=O) groups excluding carboxylic acids is 2. The fraction of sp³-hybridized carbons (Fsp3) is 0.133. The number of hydrazone groups is 1. The predicted molar refractivity (Wildman–Crippen MR) is 88.5 cm³/mol. The molecule has 6 nitrogen and oxygen atoms in total. The van der Waals surface area contributed by atoms with Crippen molar-refractivity contribution >= 4 is 35.2 Å². The fourth-order valence-corrected chi connectivity index (χ4v) is 2.27. The lowest BCUT2D eigenvalue weighted by molar-refractivity contribution is -0.137. The fourth-order valence-electron chi connectivity index (χ4n) is 1.68. The van der Waals surface area contributed by atoms with E-state index in [1.807, 2.05) is 11.4 Å². The van der Waals surface area contributed by atoms with E-state index in [-0.39, 0.29) is 12.2 Å². The second-order valence-corrected chi connectivity index (χ2v) is 5.67. The standard InChI is InChI=1S/C15H13F3N4O2S/c16-15(17,18)10-3-1-4-11(7-10)21-14(24)19-9-13(23)22-20-8-12-5-2-6-25-12/h1-8H,9H2,(H,22,23)(H2,19,21,24)/b20-8+. The molecule has 0 radical (unpaired) electrons. The molecule has 0 fully saturated rings. The number of hydrogen-bond acceptors (Lipinski definition) is 4. The summed E-state index contributed by atoms with van der Waals surface area (Å²) >= 11 is 1.44. The van der Waals surface area contributed by atoms with E-state index >= 15 is 0 Å². The highest BCUT2D eigenvalue weighted by atomic mass is 32.1. The highest BCUT2D eigenvalue weighted by Gasteiger charge is 2.30. The van der Waals surface area contributed by atoms with Crippen molar-refractivity contribution in [3.05, 3.63) is 52.2 Å². The maximum Gasteiger partial charge on any atom is 0.416 e. The van der Waals surface area contributed by atoms with Crippen molar-refractivity contribution in [1.82, 2.24) is 10.7 Å². The van der Waals surface area contributed by atoms with Crippen LogP contribution in [0, 0.1) is 0 Å². The number of benzene rings is 1. The molecule has 0 atom stereocenters. The van der Waals surface area contributed by atoms with Gasteiger partial charge in [0.15, 0.2) is 0 Å². The van der Waals surface area contributed by atoms with Crippen molar-refractivity contribution in [3.63, 3.8) is 0 Å². The summed E-state index contributed by atoms with van der Waals surface area (Å²) in [6.07, 6.45) is -3.06. The molecule has 132 valence electrons. The molecule has 3 amide bonds. The van der Waals surface area contributed by atoms with Crippen molar-refractivity contribution in [2.75, 3.05) is 11.9 Å². The Labute approximate surface area is 144 Å². The molecule has 3 N–H and O–H groups in total. The lowest BCUT2D eigenvalue weighted by atomic mass is 10.2. The summed E-state index contributed by atoms with van der Waals surface area (Å²) in [6, 6.07) is 6.99. The second-order valence-electron chi connectivity index (χ2n) is 4.69. The number of amides is 3. The Morgan fingerprint density at radius 3 is 2.68 bits per heavy atom. The Morgan fingerprint density at radius 1 is 1.20 bits per heavy atom. The molecule has 0 aliphatic heterocycles. The lowest BCUT2D eigenvalue weighted by Crippen LogP contribution is -2.37. The monoisotopic (exact) mass is 370 g/mol. The highest BCUT2D eigenvalue weighted by Crippen LogP contribution is 2.30. The van der Waals surface area contributed by atoms with E-state index in [0.29, 0.717) is 0 Å². The minimum Gasteiger partial charge on any atom is -0.329 e. The van der Waals surface area contributed by atoms with Crippen LogP contribution in [0.1, 0.15) is 10.4 Å². The molecule has 10 heteroatoms. The first-order chi connectivity index (χ1) is 11.8. The molecule has 1 heterocycles. The van der Waals surface area contributed by atoms with Gasteiger partial charge in [0.2, 0.25) is 0 Å². The summed E-state index contributed by atoms with van der Waals surface area (Å²) in [7, 11) is 0. The van der Waals surface area contributed by atoms with Crippen molar-refractivity contribution in [1.29, 1.82) is 0 Å². The summed E-state index contributed by atoms with van der Waals surface area (Å²) in [6.45, 7) is -0.382. The van der Waals surface area contributed by atoms with Crippen LogP contribution in [-0.2, 0) is 11.0 Å². The molecule has 2 aromatic rings. The van der Waals surface area contributed by atoms with E-state index in [0.717, 1.165) is 17.0 Å². The van der Waals surface area contributed by atoms with Crippen LogP contribution < -0.4 is 16.1 Å². The zero-order valence-corrected chi connectivity index (χ0v) is 13.4. The van der Waals surface area contributed by atoms with Crippen LogP contribution in [0.25, 0.3) is 0 Å². The Morgan fingerprint density at radius 2 is 2.00 bits per heavy atom. The SMILES string of the molecule is O=C(CNC(=O)Nc1cccc(C(F)(F)F)c1)N/N=C/c1cccs1. The molecule has 1 aromatic carbocycles. The van der Waals surface area contributed by atoms with E-state index in [1.165, 1.54) is 29.7 Å². The predicted octanol–water partition coefficient (Wildman–Crippen LogP) is 3.04. The Balaban J connectivity index is 1.77. The molecule has 25 heavy (non-hydrogen) atoms. The number of hydrogen-bond donors (Lipinski definition) is 3. The number of urea groups is 1. The van der Waals surface area contributed by atoms with Crippen LogP contribution >= 0.6 is 11.3 Å². The van der Waals surface area contributed by atoms with Gasteiger partial charge < -0.3 is 10.6 Å². The summed E-state index contributed by atoms with van der Waals surface area (Å²) in [5, 5.41) is 9.99. The third-order valence-corrected chi connectivity index (χ3v) is 3.59. The molecular formula is C15H13F3N4O2S. The van der Waals surface area contributed by atoms with Gasteiger partial charge in [-0.05, 0) is 29.6 Å². The average Bonchev–Trinajstić information content (AvgIpc) is 3.06. The van der Waals surface area contributed by atoms with Gasteiger partial charge in [-0.3, -0.25) is 4.79 Å². The zero-order chi connectivity index (χ0) is 18.3. The van der Waals surface area contributed by atoms with E-state index in [2.05, 4.69) is 21.2 Å².